The van der Waals surface area contributed by atoms with E-state index in [0.717, 1.165) is 27.7 Å². The molecule has 0 atom stereocenters. The summed E-state index contributed by atoms with van der Waals surface area (Å²) in [7, 11) is 0. The number of nitriles is 1. The minimum atomic E-state index is -0.225. The van der Waals surface area contributed by atoms with Gasteiger partial charge in [0.05, 0.1) is 23.6 Å². The van der Waals surface area contributed by atoms with Crippen molar-refractivity contribution in [1.29, 1.82) is 5.26 Å². The predicted molar refractivity (Wildman–Crippen MR) is 118 cm³/mol. The van der Waals surface area contributed by atoms with E-state index < -0.39 is 0 Å². The number of aromatic nitrogens is 2. The number of nitrogens with zero attached hydrogens (tertiary/aromatic N) is 3. The molecule has 1 amide bonds. The molecule has 0 aliphatic carbocycles. The van der Waals surface area contributed by atoms with Crippen molar-refractivity contribution < 1.29 is 9.21 Å². The molecule has 5 aromatic rings. The highest BCUT2D eigenvalue weighted by Gasteiger charge is 2.12. The van der Waals surface area contributed by atoms with Crippen molar-refractivity contribution >= 4 is 22.5 Å². The fourth-order valence-electron chi connectivity index (χ4n) is 3.58. The molecule has 0 unspecified atom stereocenters. The van der Waals surface area contributed by atoms with Gasteiger partial charge in [-0.3, -0.25) is 9.78 Å². The fourth-order valence-corrected chi connectivity index (χ4v) is 3.58. The first-order valence-electron chi connectivity index (χ1n) is 9.63. The largest absolute Gasteiger partial charge is 0.472 e. The molecule has 0 aliphatic heterocycles. The minimum Gasteiger partial charge on any atom is -0.472 e. The monoisotopic (exact) mass is 404 g/mol. The zero-order valence-electron chi connectivity index (χ0n) is 16.3. The van der Waals surface area contributed by atoms with Crippen LogP contribution < -0.4 is 5.32 Å². The van der Waals surface area contributed by atoms with Crippen LogP contribution in [0.25, 0.3) is 27.7 Å². The SMILES string of the molecule is N#Cc1cc2cc(-c3ccoc3)ccc2n1-c1ccc(NC(=O)c2cccnc2)cc1. The van der Waals surface area contributed by atoms with Gasteiger partial charge in [-0.1, -0.05) is 6.07 Å². The molecule has 2 aromatic carbocycles. The zero-order valence-corrected chi connectivity index (χ0v) is 16.3. The Kier molecular flexibility index (Phi) is 4.54. The summed E-state index contributed by atoms with van der Waals surface area (Å²) >= 11 is 0. The number of amides is 1. The smallest absolute Gasteiger partial charge is 0.257 e. The summed E-state index contributed by atoms with van der Waals surface area (Å²) in [5, 5.41) is 13.5. The second kappa shape index (κ2) is 7.65. The van der Waals surface area contributed by atoms with E-state index in [1.807, 2.05) is 59.2 Å². The van der Waals surface area contributed by atoms with Crippen LogP contribution in [-0.4, -0.2) is 15.5 Å². The van der Waals surface area contributed by atoms with Gasteiger partial charge in [-0.05, 0) is 66.2 Å². The molecule has 31 heavy (non-hydrogen) atoms. The molecule has 148 valence electrons. The third-order valence-corrected chi connectivity index (χ3v) is 5.08. The first-order chi connectivity index (χ1) is 15.2. The van der Waals surface area contributed by atoms with Gasteiger partial charge in [-0.2, -0.15) is 5.26 Å². The fraction of sp³-hybridized carbons (Fsp3) is 0. The van der Waals surface area contributed by atoms with Crippen molar-refractivity contribution in [3.05, 3.63) is 103 Å². The Morgan fingerprint density at radius 2 is 1.90 bits per heavy atom. The summed E-state index contributed by atoms with van der Waals surface area (Å²) in [6, 6.07) is 22.9. The number of benzene rings is 2. The van der Waals surface area contributed by atoms with E-state index in [2.05, 4.69) is 16.4 Å². The van der Waals surface area contributed by atoms with Gasteiger partial charge in [0.25, 0.3) is 5.91 Å². The molecular formula is C25H16N4O2. The molecule has 3 heterocycles. The van der Waals surface area contributed by atoms with Crippen LogP contribution in [0, 0.1) is 11.3 Å². The van der Waals surface area contributed by atoms with Gasteiger partial charge in [0.2, 0.25) is 0 Å². The van der Waals surface area contributed by atoms with Crippen LogP contribution in [0.5, 0.6) is 0 Å². The minimum absolute atomic E-state index is 0.225. The van der Waals surface area contributed by atoms with E-state index in [4.69, 9.17) is 4.42 Å². The third-order valence-electron chi connectivity index (χ3n) is 5.08. The lowest BCUT2D eigenvalue weighted by atomic mass is 10.1. The number of furan rings is 1. The van der Waals surface area contributed by atoms with E-state index in [0.29, 0.717) is 16.9 Å². The summed E-state index contributed by atoms with van der Waals surface area (Å²) in [4.78, 5) is 16.3. The van der Waals surface area contributed by atoms with Gasteiger partial charge in [0, 0.05) is 34.7 Å². The van der Waals surface area contributed by atoms with Gasteiger partial charge in [0.15, 0.2) is 0 Å². The average Bonchev–Trinajstić information content (AvgIpc) is 3.48. The van der Waals surface area contributed by atoms with Crippen LogP contribution in [-0.2, 0) is 0 Å². The van der Waals surface area contributed by atoms with Gasteiger partial charge < -0.3 is 14.3 Å². The molecule has 0 saturated carbocycles. The molecule has 5 rings (SSSR count). The lowest BCUT2D eigenvalue weighted by molar-refractivity contribution is 0.102. The number of rotatable bonds is 4. The standard InChI is InChI=1S/C25H16N4O2/c26-14-23-13-20-12-17(19-9-11-31-16-19)3-8-24(20)29(23)22-6-4-21(5-7-22)28-25(30)18-2-1-10-27-15-18/h1-13,15-16H,(H,28,30). The Hall–Kier alpha value is -4.63. The van der Waals surface area contributed by atoms with Crippen molar-refractivity contribution in [2.24, 2.45) is 0 Å². The molecule has 6 heteroatoms. The number of pyridine rings is 1. The quantitative estimate of drug-likeness (QED) is 0.434. The summed E-state index contributed by atoms with van der Waals surface area (Å²) in [5.41, 5.74) is 5.46. The summed E-state index contributed by atoms with van der Waals surface area (Å²) in [6.45, 7) is 0. The van der Waals surface area contributed by atoms with Crippen molar-refractivity contribution in [1.82, 2.24) is 9.55 Å². The normalized spacial score (nSPS) is 10.7. The lowest BCUT2D eigenvalue weighted by Crippen LogP contribution is -2.12. The number of hydrogen-bond acceptors (Lipinski definition) is 4. The number of hydrogen-bond donors (Lipinski definition) is 1. The van der Waals surface area contributed by atoms with Crippen molar-refractivity contribution in [3.63, 3.8) is 0 Å². The maximum Gasteiger partial charge on any atom is 0.257 e. The van der Waals surface area contributed by atoms with Crippen LogP contribution in [0.15, 0.2) is 96.1 Å². The molecule has 3 aromatic heterocycles. The Labute approximate surface area is 178 Å². The van der Waals surface area contributed by atoms with Crippen molar-refractivity contribution in [2.45, 2.75) is 0 Å². The highest BCUT2D eigenvalue weighted by Crippen LogP contribution is 2.29. The van der Waals surface area contributed by atoms with Gasteiger partial charge in [-0.15, -0.1) is 0 Å². The van der Waals surface area contributed by atoms with Gasteiger partial charge in [0.1, 0.15) is 11.8 Å². The number of anilines is 1. The molecule has 1 N–H and O–H groups in total. The van der Waals surface area contributed by atoms with Crippen LogP contribution in [0.3, 0.4) is 0 Å². The van der Waals surface area contributed by atoms with Gasteiger partial charge >= 0.3 is 0 Å². The maximum atomic E-state index is 12.3. The zero-order chi connectivity index (χ0) is 21.2. The van der Waals surface area contributed by atoms with E-state index in [9.17, 15) is 10.1 Å². The lowest BCUT2D eigenvalue weighted by Gasteiger charge is -2.10. The first-order valence-corrected chi connectivity index (χ1v) is 9.63. The van der Waals surface area contributed by atoms with Crippen LogP contribution >= 0.6 is 0 Å². The van der Waals surface area contributed by atoms with Crippen LogP contribution in [0.1, 0.15) is 16.1 Å². The number of carbonyl (C=O) groups excluding carboxylic acids is 1. The van der Waals surface area contributed by atoms with Crippen LogP contribution in [0.4, 0.5) is 5.69 Å². The second-order valence-corrected chi connectivity index (χ2v) is 7.01. The molecule has 0 bridgehead atoms. The number of fused-ring (bicyclic) bond motifs is 1. The third kappa shape index (κ3) is 3.45. The predicted octanol–water partition coefficient (Wildman–Crippen LogP) is 5.41. The molecule has 0 radical (unpaired) electrons. The summed E-state index contributed by atoms with van der Waals surface area (Å²) in [6.07, 6.45) is 6.48. The molecule has 0 fully saturated rings. The molecule has 0 spiro atoms. The molecule has 0 saturated heterocycles. The average molecular weight is 404 g/mol. The maximum absolute atomic E-state index is 12.3. The Morgan fingerprint density at radius 1 is 1.03 bits per heavy atom. The highest BCUT2D eigenvalue weighted by atomic mass is 16.3. The van der Waals surface area contributed by atoms with Crippen molar-refractivity contribution in [2.75, 3.05) is 5.32 Å². The number of carbonyl (C=O) groups is 1. The van der Waals surface area contributed by atoms with E-state index in [1.165, 1.54) is 6.20 Å². The Morgan fingerprint density at radius 3 is 2.61 bits per heavy atom. The Bertz CT molecular complexity index is 1410. The summed E-state index contributed by atoms with van der Waals surface area (Å²) in [5.74, 6) is -0.225. The Balaban J connectivity index is 1.47. The van der Waals surface area contributed by atoms with Crippen LogP contribution in [0.2, 0.25) is 0 Å². The number of nitrogens with one attached hydrogen (secondary N) is 1. The molecule has 6 nitrogen and oxygen atoms in total. The van der Waals surface area contributed by atoms with Crippen molar-refractivity contribution in [3.8, 4) is 22.9 Å². The van der Waals surface area contributed by atoms with Gasteiger partial charge in [-0.25, -0.2) is 0 Å². The molecule has 0 aliphatic rings. The van der Waals surface area contributed by atoms with E-state index >= 15 is 0 Å². The topological polar surface area (TPSA) is 83.9 Å². The second-order valence-electron chi connectivity index (χ2n) is 7.01. The molecular weight excluding hydrogens is 388 g/mol. The van der Waals surface area contributed by atoms with E-state index in [1.54, 1.807) is 30.9 Å². The highest BCUT2D eigenvalue weighted by molar-refractivity contribution is 6.04. The van der Waals surface area contributed by atoms with E-state index in [-0.39, 0.29) is 5.91 Å². The summed E-state index contributed by atoms with van der Waals surface area (Å²) < 4.78 is 7.08. The first kappa shape index (κ1) is 18.4.